The standard InChI is InChI=1S/C16H17N3O5/c1-10-13(8-17-19(10)2)16(22)24-9-14(20)18-12-6-4-11(5-7-12)15(21)23-3/h4-8H,9H2,1-3H3,(H,18,20). The van der Waals surface area contributed by atoms with Crippen LogP contribution in [0.2, 0.25) is 0 Å². The van der Waals surface area contributed by atoms with Gasteiger partial charge in [-0.05, 0) is 31.2 Å². The van der Waals surface area contributed by atoms with Gasteiger partial charge in [-0.15, -0.1) is 0 Å². The Bertz CT molecular complexity index is 765. The molecule has 2 rings (SSSR count). The average molecular weight is 331 g/mol. The van der Waals surface area contributed by atoms with Gasteiger partial charge in [-0.3, -0.25) is 9.48 Å². The van der Waals surface area contributed by atoms with Gasteiger partial charge in [0.25, 0.3) is 5.91 Å². The Kier molecular flexibility index (Phi) is 5.31. The van der Waals surface area contributed by atoms with E-state index in [0.717, 1.165) is 0 Å². The third kappa shape index (κ3) is 3.97. The fourth-order valence-corrected chi connectivity index (χ4v) is 1.91. The predicted molar refractivity (Wildman–Crippen MR) is 84.6 cm³/mol. The summed E-state index contributed by atoms with van der Waals surface area (Å²) in [4.78, 5) is 35.0. The van der Waals surface area contributed by atoms with E-state index in [9.17, 15) is 14.4 Å². The Labute approximate surface area is 138 Å². The molecule has 0 aliphatic carbocycles. The van der Waals surface area contributed by atoms with E-state index in [0.29, 0.717) is 22.5 Å². The molecule has 0 aliphatic rings. The highest BCUT2D eigenvalue weighted by atomic mass is 16.5. The minimum absolute atomic E-state index is 0.313. The zero-order valence-corrected chi connectivity index (χ0v) is 13.5. The second-order valence-corrected chi connectivity index (χ2v) is 4.96. The van der Waals surface area contributed by atoms with Gasteiger partial charge < -0.3 is 14.8 Å². The summed E-state index contributed by atoms with van der Waals surface area (Å²) >= 11 is 0. The SMILES string of the molecule is COC(=O)c1ccc(NC(=O)COC(=O)c2cnn(C)c2C)cc1. The summed E-state index contributed by atoms with van der Waals surface area (Å²) in [5.41, 5.74) is 1.81. The lowest BCUT2D eigenvalue weighted by molar-refractivity contribution is -0.119. The molecule has 0 saturated carbocycles. The first-order valence-electron chi connectivity index (χ1n) is 7.06. The number of esters is 2. The molecule has 8 heteroatoms. The highest BCUT2D eigenvalue weighted by Gasteiger charge is 2.16. The van der Waals surface area contributed by atoms with E-state index in [2.05, 4.69) is 15.2 Å². The molecule has 0 radical (unpaired) electrons. The van der Waals surface area contributed by atoms with E-state index in [-0.39, 0.29) is 0 Å². The van der Waals surface area contributed by atoms with Crippen LogP contribution in [0, 0.1) is 6.92 Å². The Morgan fingerprint density at radius 1 is 1.17 bits per heavy atom. The van der Waals surface area contributed by atoms with Crippen LogP contribution in [0.3, 0.4) is 0 Å². The minimum Gasteiger partial charge on any atom is -0.465 e. The molecule has 0 unspecified atom stereocenters. The van der Waals surface area contributed by atoms with E-state index in [1.54, 1.807) is 30.8 Å². The molecule has 0 fully saturated rings. The van der Waals surface area contributed by atoms with Crippen LogP contribution in [0.1, 0.15) is 26.4 Å². The second-order valence-electron chi connectivity index (χ2n) is 4.96. The number of anilines is 1. The Balaban J connectivity index is 1.88. The molecular formula is C16H17N3O5. The molecule has 1 aromatic heterocycles. The lowest BCUT2D eigenvalue weighted by Crippen LogP contribution is -2.21. The number of methoxy groups -OCH3 is 1. The fraction of sp³-hybridized carbons (Fsp3) is 0.250. The average Bonchev–Trinajstić information content (AvgIpc) is 2.92. The highest BCUT2D eigenvalue weighted by molar-refractivity contribution is 5.96. The number of hydrogen-bond donors (Lipinski definition) is 1. The number of nitrogens with zero attached hydrogens (tertiary/aromatic N) is 2. The van der Waals surface area contributed by atoms with Crippen molar-refractivity contribution in [3.05, 3.63) is 47.3 Å². The van der Waals surface area contributed by atoms with E-state index < -0.39 is 24.5 Å². The van der Waals surface area contributed by atoms with Crippen molar-refractivity contribution in [2.75, 3.05) is 19.0 Å². The summed E-state index contributed by atoms with van der Waals surface area (Å²) in [5, 5.41) is 6.50. The molecule has 1 amide bonds. The van der Waals surface area contributed by atoms with Gasteiger partial charge in [-0.1, -0.05) is 0 Å². The number of benzene rings is 1. The van der Waals surface area contributed by atoms with Crippen LogP contribution in [0.15, 0.2) is 30.5 Å². The van der Waals surface area contributed by atoms with Crippen LogP contribution in [0.4, 0.5) is 5.69 Å². The summed E-state index contributed by atoms with van der Waals surface area (Å²) in [7, 11) is 2.99. The molecule has 126 valence electrons. The van der Waals surface area contributed by atoms with Crippen molar-refractivity contribution in [3.63, 3.8) is 0 Å². The molecule has 0 atom stereocenters. The van der Waals surface area contributed by atoms with Gasteiger partial charge >= 0.3 is 11.9 Å². The van der Waals surface area contributed by atoms with E-state index in [1.165, 1.54) is 25.4 Å². The molecule has 0 aliphatic heterocycles. The lowest BCUT2D eigenvalue weighted by atomic mass is 10.2. The molecule has 0 saturated heterocycles. The number of amides is 1. The maximum absolute atomic E-state index is 11.9. The van der Waals surface area contributed by atoms with Crippen LogP contribution in [0.25, 0.3) is 0 Å². The van der Waals surface area contributed by atoms with Gasteiger partial charge in [0.2, 0.25) is 0 Å². The molecule has 24 heavy (non-hydrogen) atoms. The third-order valence-corrected chi connectivity index (χ3v) is 3.38. The van der Waals surface area contributed by atoms with Gasteiger partial charge in [-0.2, -0.15) is 5.10 Å². The van der Waals surface area contributed by atoms with Crippen LogP contribution in [-0.4, -0.2) is 41.3 Å². The van der Waals surface area contributed by atoms with Crippen molar-refractivity contribution in [3.8, 4) is 0 Å². The zero-order chi connectivity index (χ0) is 17.7. The van der Waals surface area contributed by atoms with Gasteiger partial charge in [0, 0.05) is 18.4 Å². The van der Waals surface area contributed by atoms with Crippen molar-refractivity contribution in [2.45, 2.75) is 6.92 Å². The van der Waals surface area contributed by atoms with Crippen LogP contribution in [-0.2, 0) is 21.3 Å². The van der Waals surface area contributed by atoms with E-state index >= 15 is 0 Å². The predicted octanol–water partition coefficient (Wildman–Crippen LogP) is 1.31. The van der Waals surface area contributed by atoms with Crippen molar-refractivity contribution >= 4 is 23.5 Å². The van der Waals surface area contributed by atoms with Gasteiger partial charge in [-0.25, -0.2) is 9.59 Å². The van der Waals surface area contributed by atoms with Crippen molar-refractivity contribution in [1.82, 2.24) is 9.78 Å². The maximum Gasteiger partial charge on any atom is 0.342 e. The molecule has 0 bridgehead atoms. The number of carbonyl (C=O) groups is 3. The van der Waals surface area contributed by atoms with Crippen molar-refractivity contribution < 1.29 is 23.9 Å². The monoisotopic (exact) mass is 331 g/mol. The summed E-state index contributed by atoms with van der Waals surface area (Å²) in [5.74, 6) is -1.57. The van der Waals surface area contributed by atoms with Gasteiger partial charge in [0.15, 0.2) is 6.61 Å². The number of hydrogen-bond acceptors (Lipinski definition) is 6. The Morgan fingerprint density at radius 2 is 1.83 bits per heavy atom. The quantitative estimate of drug-likeness (QED) is 0.829. The normalized spacial score (nSPS) is 10.1. The number of carbonyl (C=O) groups excluding carboxylic acids is 3. The molecule has 8 nitrogen and oxygen atoms in total. The fourth-order valence-electron chi connectivity index (χ4n) is 1.91. The third-order valence-electron chi connectivity index (χ3n) is 3.38. The summed E-state index contributed by atoms with van der Waals surface area (Å²) in [6.45, 7) is 1.30. The number of aromatic nitrogens is 2. The number of nitrogens with one attached hydrogen (secondary N) is 1. The number of rotatable bonds is 5. The first-order chi connectivity index (χ1) is 11.4. The summed E-state index contributed by atoms with van der Waals surface area (Å²) in [6.07, 6.45) is 1.39. The molecule has 1 aromatic carbocycles. The van der Waals surface area contributed by atoms with Crippen LogP contribution in [0.5, 0.6) is 0 Å². The molecular weight excluding hydrogens is 314 g/mol. The zero-order valence-electron chi connectivity index (χ0n) is 13.5. The van der Waals surface area contributed by atoms with Crippen molar-refractivity contribution in [2.24, 2.45) is 7.05 Å². The summed E-state index contributed by atoms with van der Waals surface area (Å²) < 4.78 is 11.1. The molecule has 0 spiro atoms. The Morgan fingerprint density at radius 3 is 2.38 bits per heavy atom. The highest BCUT2D eigenvalue weighted by Crippen LogP contribution is 2.11. The first-order valence-corrected chi connectivity index (χ1v) is 7.06. The van der Waals surface area contributed by atoms with Crippen molar-refractivity contribution in [1.29, 1.82) is 0 Å². The van der Waals surface area contributed by atoms with Gasteiger partial charge in [0.05, 0.1) is 18.9 Å². The van der Waals surface area contributed by atoms with Crippen LogP contribution >= 0.6 is 0 Å². The first kappa shape index (κ1) is 17.2. The lowest BCUT2D eigenvalue weighted by Gasteiger charge is -2.07. The largest absolute Gasteiger partial charge is 0.465 e. The van der Waals surface area contributed by atoms with Gasteiger partial charge in [0.1, 0.15) is 5.56 Å². The topological polar surface area (TPSA) is 99.5 Å². The number of aryl methyl sites for hydroxylation is 1. The van der Waals surface area contributed by atoms with E-state index in [4.69, 9.17) is 4.74 Å². The molecule has 2 aromatic rings. The molecule has 1 heterocycles. The maximum atomic E-state index is 11.9. The minimum atomic E-state index is -0.614. The smallest absolute Gasteiger partial charge is 0.342 e. The second kappa shape index (κ2) is 7.40. The van der Waals surface area contributed by atoms with Crippen LogP contribution < -0.4 is 5.32 Å². The Hall–Kier alpha value is -3.16. The summed E-state index contributed by atoms with van der Waals surface area (Å²) in [6, 6.07) is 6.15. The van der Waals surface area contributed by atoms with E-state index in [1.807, 2.05) is 0 Å². The number of ether oxygens (including phenoxy) is 2. The molecule has 1 N–H and O–H groups in total.